The van der Waals surface area contributed by atoms with E-state index in [1.54, 1.807) is 4.90 Å². The Morgan fingerprint density at radius 1 is 1.69 bits per heavy atom. The Kier molecular flexibility index (Phi) is 1.83. The Balaban J connectivity index is 1.97. The second-order valence-electron chi connectivity index (χ2n) is 3.37. The standard InChI is InChI=1S/C9H11NO3/c1-6(11)13-5-10-8-3-2-7(4-8)9(10)12/h2-3,7-8H,4-5H2,1H3/t7-,8+/m0/s1. The lowest BCUT2D eigenvalue weighted by molar-refractivity contribution is -0.150. The number of ether oxygens (including phenoxy) is 1. The quantitative estimate of drug-likeness (QED) is 0.454. The molecule has 0 saturated carbocycles. The van der Waals surface area contributed by atoms with Crippen LogP contribution in [0.2, 0.25) is 0 Å². The van der Waals surface area contributed by atoms with Gasteiger partial charge in [-0.25, -0.2) is 0 Å². The molecule has 1 saturated heterocycles. The van der Waals surface area contributed by atoms with Crippen LogP contribution in [-0.2, 0) is 14.3 Å². The summed E-state index contributed by atoms with van der Waals surface area (Å²) in [5, 5.41) is 0. The zero-order valence-corrected chi connectivity index (χ0v) is 7.40. The summed E-state index contributed by atoms with van der Waals surface area (Å²) < 4.78 is 4.78. The Morgan fingerprint density at radius 2 is 2.46 bits per heavy atom. The third-order valence-corrected chi connectivity index (χ3v) is 2.47. The molecule has 2 rings (SSSR count). The molecule has 1 fully saturated rings. The molecule has 0 unspecified atom stereocenters. The molecular weight excluding hydrogens is 170 g/mol. The third-order valence-electron chi connectivity index (χ3n) is 2.47. The number of hydrogen-bond acceptors (Lipinski definition) is 3. The number of rotatable bonds is 2. The molecule has 4 nitrogen and oxygen atoms in total. The molecule has 1 heterocycles. The molecule has 1 amide bonds. The Labute approximate surface area is 76.2 Å². The normalized spacial score (nSPS) is 29.9. The molecule has 2 aliphatic rings. The Bertz CT molecular complexity index is 285. The van der Waals surface area contributed by atoms with E-state index in [1.165, 1.54) is 6.92 Å². The molecule has 2 bridgehead atoms. The topological polar surface area (TPSA) is 46.6 Å². The maximum atomic E-state index is 11.5. The van der Waals surface area contributed by atoms with Crippen LogP contribution in [0.25, 0.3) is 0 Å². The van der Waals surface area contributed by atoms with Crippen LogP contribution in [0.15, 0.2) is 12.2 Å². The number of fused-ring (bicyclic) bond motifs is 2. The molecule has 0 spiro atoms. The van der Waals surface area contributed by atoms with Crippen LogP contribution < -0.4 is 0 Å². The molecule has 0 N–H and O–H groups in total. The van der Waals surface area contributed by atoms with E-state index in [2.05, 4.69) is 0 Å². The van der Waals surface area contributed by atoms with Crippen LogP contribution in [0.1, 0.15) is 13.3 Å². The summed E-state index contributed by atoms with van der Waals surface area (Å²) in [6.45, 7) is 1.44. The fraction of sp³-hybridized carbons (Fsp3) is 0.556. The molecule has 1 aliphatic heterocycles. The first-order chi connectivity index (χ1) is 6.18. The predicted molar refractivity (Wildman–Crippen MR) is 44.5 cm³/mol. The number of hydrogen-bond donors (Lipinski definition) is 0. The van der Waals surface area contributed by atoms with E-state index < -0.39 is 0 Å². The zero-order valence-electron chi connectivity index (χ0n) is 7.40. The van der Waals surface area contributed by atoms with Gasteiger partial charge in [0, 0.05) is 6.92 Å². The predicted octanol–water partition coefficient (Wildman–Crippen LogP) is 0.294. The highest BCUT2D eigenvalue weighted by atomic mass is 16.5. The highest BCUT2D eigenvalue weighted by Crippen LogP contribution is 2.32. The van der Waals surface area contributed by atoms with E-state index in [9.17, 15) is 9.59 Å². The van der Waals surface area contributed by atoms with Gasteiger partial charge in [-0.3, -0.25) is 9.59 Å². The second kappa shape index (κ2) is 2.87. The van der Waals surface area contributed by atoms with Gasteiger partial charge < -0.3 is 9.64 Å². The first kappa shape index (κ1) is 8.29. The molecule has 1 aliphatic carbocycles. The number of esters is 1. The summed E-state index contributed by atoms with van der Waals surface area (Å²) in [5.74, 6) is -0.242. The van der Waals surface area contributed by atoms with Gasteiger partial charge in [-0.1, -0.05) is 12.2 Å². The van der Waals surface area contributed by atoms with Gasteiger partial charge in [0.2, 0.25) is 5.91 Å². The van der Waals surface area contributed by atoms with Crippen LogP contribution in [0.4, 0.5) is 0 Å². The monoisotopic (exact) mass is 181 g/mol. The highest BCUT2D eigenvalue weighted by Gasteiger charge is 2.41. The summed E-state index contributed by atoms with van der Waals surface area (Å²) in [4.78, 5) is 23.6. The zero-order chi connectivity index (χ0) is 9.42. The average Bonchev–Trinajstić information content (AvgIpc) is 2.61. The third kappa shape index (κ3) is 1.32. The van der Waals surface area contributed by atoms with Gasteiger partial charge in [-0.15, -0.1) is 0 Å². The molecular formula is C9H11NO3. The van der Waals surface area contributed by atoms with Crippen molar-refractivity contribution in [3.8, 4) is 0 Å². The van der Waals surface area contributed by atoms with E-state index in [0.29, 0.717) is 0 Å². The van der Waals surface area contributed by atoms with Crippen molar-refractivity contribution in [2.75, 3.05) is 6.73 Å². The minimum Gasteiger partial charge on any atom is -0.444 e. The molecule has 70 valence electrons. The van der Waals surface area contributed by atoms with Crippen molar-refractivity contribution in [2.24, 2.45) is 5.92 Å². The smallest absolute Gasteiger partial charge is 0.304 e. The molecule has 0 radical (unpaired) electrons. The maximum Gasteiger partial charge on any atom is 0.304 e. The van der Waals surface area contributed by atoms with Crippen LogP contribution in [0.3, 0.4) is 0 Å². The fourth-order valence-electron chi connectivity index (χ4n) is 1.79. The second-order valence-corrected chi connectivity index (χ2v) is 3.37. The van der Waals surface area contributed by atoms with Crippen molar-refractivity contribution in [2.45, 2.75) is 19.4 Å². The number of carbonyl (C=O) groups excluding carboxylic acids is 2. The Hall–Kier alpha value is -1.32. The maximum absolute atomic E-state index is 11.5. The van der Waals surface area contributed by atoms with E-state index in [4.69, 9.17) is 4.74 Å². The summed E-state index contributed by atoms with van der Waals surface area (Å²) in [7, 11) is 0. The van der Waals surface area contributed by atoms with E-state index in [1.807, 2.05) is 12.2 Å². The Morgan fingerprint density at radius 3 is 3.00 bits per heavy atom. The van der Waals surface area contributed by atoms with E-state index >= 15 is 0 Å². The van der Waals surface area contributed by atoms with Gasteiger partial charge in [0.25, 0.3) is 0 Å². The summed E-state index contributed by atoms with van der Waals surface area (Å²) in [6.07, 6.45) is 4.77. The lowest BCUT2D eigenvalue weighted by Crippen LogP contribution is -2.37. The van der Waals surface area contributed by atoms with Crippen LogP contribution >= 0.6 is 0 Å². The number of likely N-dealkylation sites (tertiary alicyclic amines) is 1. The van der Waals surface area contributed by atoms with Gasteiger partial charge in [0.1, 0.15) is 0 Å². The highest BCUT2D eigenvalue weighted by molar-refractivity contribution is 5.85. The van der Waals surface area contributed by atoms with Gasteiger partial charge in [0.15, 0.2) is 6.73 Å². The van der Waals surface area contributed by atoms with Crippen molar-refractivity contribution < 1.29 is 14.3 Å². The van der Waals surface area contributed by atoms with Crippen molar-refractivity contribution in [1.82, 2.24) is 4.90 Å². The minimum atomic E-state index is -0.348. The van der Waals surface area contributed by atoms with Gasteiger partial charge in [0.05, 0.1) is 12.0 Å². The molecule has 0 aromatic rings. The summed E-state index contributed by atoms with van der Waals surface area (Å²) in [6, 6.07) is 0.150. The van der Waals surface area contributed by atoms with Crippen LogP contribution in [0.5, 0.6) is 0 Å². The fourth-order valence-corrected chi connectivity index (χ4v) is 1.79. The lowest BCUT2D eigenvalue weighted by atomic mass is 10.1. The SMILES string of the molecule is CC(=O)OCN1C(=O)[C@H]2C=C[C@@H]1C2. The number of carbonyl (C=O) groups is 2. The van der Waals surface area contributed by atoms with Gasteiger partial charge >= 0.3 is 5.97 Å². The van der Waals surface area contributed by atoms with Crippen molar-refractivity contribution >= 4 is 11.9 Å². The first-order valence-corrected chi connectivity index (χ1v) is 4.30. The molecule has 4 heteroatoms. The summed E-state index contributed by atoms with van der Waals surface area (Å²) in [5.41, 5.74) is 0. The van der Waals surface area contributed by atoms with E-state index in [-0.39, 0.29) is 30.6 Å². The van der Waals surface area contributed by atoms with Crippen molar-refractivity contribution in [3.05, 3.63) is 12.2 Å². The molecule has 13 heavy (non-hydrogen) atoms. The van der Waals surface area contributed by atoms with Crippen molar-refractivity contribution in [1.29, 1.82) is 0 Å². The molecule has 0 aromatic carbocycles. The molecule has 2 atom stereocenters. The summed E-state index contributed by atoms with van der Waals surface area (Å²) >= 11 is 0. The lowest BCUT2D eigenvalue weighted by Gasteiger charge is -2.22. The largest absolute Gasteiger partial charge is 0.444 e. The van der Waals surface area contributed by atoms with Crippen molar-refractivity contribution in [3.63, 3.8) is 0 Å². The molecule has 0 aromatic heterocycles. The van der Waals surface area contributed by atoms with Crippen LogP contribution in [-0.4, -0.2) is 29.5 Å². The van der Waals surface area contributed by atoms with Gasteiger partial charge in [-0.05, 0) is 6.42 Å². The average molecular weight is 181 g/mol. The van der Waals surface area contributed by atoms with Crippen LogP contribution in [0, 0.1) is 5.92 Å². The minimum absolute atomic E-state index is 0.0283. The number of amides is 1. The number of nitrogens with zero attached hydrogens (tertiary/aromatic N) is 1. The van der Waals surface area contributed by atoms with E-state index in [0.717, 1.165) is 6.42 Å². The first-order valence-electron chi connectivity index (χ1n) is 4.30. The van der Waals surface area contributed by atoms with Gasteiger partial charge in [-0.2, -0.15) is 0 Å².